The first kappa shape index (κ1) is 12.5. The van der Waals surface area contributed by atoms with Crippen LogP contribution in [0.1, 0.15) is 6.42 Å². The van der Waals surface area contributed by atoms with Gasteiger partial charge in [-0.25, -0.2) is 0 Å². The molecule has 1 amide bonds. The molecule has 1 saturated heterocycles. The summed E-state index contributed by atoms with van der Waals surface area (Å²) in [6.45, 7) is -0.586. The summed E-state index contributed by atoms with van der Waals surface area (Å²) < 4.78 is 17.3. The van der Waals surface area contributed by atoms with Gasteiger partial charge in [0.1, 0.15) is 18.1 Å². The van der Waals surface area contributed by atoms with E-state index in [1.165, 1.54) is 4.90 Å². The zero-order valence-electron chi connectivity index (χ0n) is 10.0. The number of rotatable bonds is 5. The largest absolute Gasteiger partial charge is 0.497 e. The lowest BCUT2D eigenvalue weighted by molar-refractivity contribution is -0.134. The van der Waals surface area contributed by atoms with Crippen LogP contribution in [0.4, 0.5) is 10.1 Å². The van der Waals surface area contributed by atoms with Crippen molar-refractivity contribution in [1.29, 1.82) is 0 Å². The Kier molecular flexibility index (Phi) is 3.60. The van der Waals surface area contributed by atoms with Gasteiger partial charge in [-0.15, -0.1) is 0 Å². The van der Waals surface area contributed by atoms with Gasteiger partial charge in [0, 0.05) is 5.69 Å². The lowest BCUT2D eigenvalue weighted by atomic mass is 9.85. The third kappa shape index (κ3) is 1.96. The zero-order valence-corrected chi connectivity index (χ0v) is 10.0. The van der Waals surface area contributed by atoms with Crippen molar-refractivity contribution in [2.75, 3.05) is 18.7 Å². The Bertz CT molecular complexity index is 446. The van der Waals surface area contributed by atoms with E-state index in [9.17, 15) is 14.0 Å². The van der Waals surface area contributed by atoms with E-state index in [0.29, 0.717) is 17.7 Å². The van der Waals surface area contributed by atoms with Crippen molar-refractivity contribution < 1.29 is 18.7 Å². The highest BCUT2D eigenvalue weighted by Gasteiger charge is 2.47. The van der Waals surface area contributed by atoms with Crippen LogP contribution in [-0.4, -0.2) is 32.0 Å². The molecule has 1 heterocycles. The molecule has 0 bridgehead atoms. The van der Waals surface area contributed by atoms with E-state index in [1.54, 1.807) is 31.4 Å². The summed E-state index contributed by atoms with van der Waals surface area (Å²) in [5, 5.41) is 0. The van der Waals surface area contributed by atoms with Gasteiger partial charge < -0.3 is 14.4 Å². The first-order chi connectivity index (χ1) is 8.72. The monoisotopic (exact) mass is 251 g/mol. The summed E-state index contributed by atoms with van der Waals surface area (Å²) in [6, 6.07) is 6.29. The molecule has 1 aliphatic heterocycles. The molecule has 96 valence electrons. The minimum Gasteiger partial charge on any atom is -0.497 e. The fourth-order valence-corrected chi connectivity index (χ4v) is 2.18. The summed E-state index contributed by atoms with van der Waals surface area (Å²) in [5.74, 6) is -0.0424. The zero-order chi connectivity index (χ0) is 13.1. The van der Waals surface area contributed by atoms with E-state index in [0.717, 1.165) is 0 Å². The van der Waals surface area contributed by atoms with Crippen LogP contribution in [0.15, 0.2) is 24.3 Å². The number of benzene rings is 1. The molecule has 0 aromatic heterocycles. The molecule has 0 N–H and O–H groups in total. The van der Waals surface area contributed by atoms with Crippen LogP contribution in [0.25, 0.3) is 0 Å². The van der Waals surface area contributed by atoms with Gasteiger partial charge >= 0.3 is 0 Å². The molecule has 1 aromatic rings. The van der Waals surface area contributed by atoms with Crippen LogP contribution in [0.3, 0.4) is 0 Å². The SMILES string of the molecule is COc1ccc(N2C(=O)[C@@H](CCF)[C@H]2C=O)cc1. The topological polar surface area (TPSA) is 46.6 Å². The van der Waals surface area contributed by atoms with Crippen LogP contribution in [0, 0.1) is 5.92 Å². The Morgan fingerprint density at radius 2 is 2.06 bits per heavy atom. The molecule has 1 fully saturated rings. The number of ether oxygens (including phenoxy) is 1. The standard InChI is InChI=1S/C13H14FNO3/c1-18-10-4-2-9(3-5-10)15-12(8-16)11(6-7-14)13(15)17/h2-5,8,11-12H,6-7H2,1H3/t11-,12+/m0/s1. The van der Waals surface area contributed by atoms with Crippen molar-refractivity contribution in [3.05, 3.63) is 24.3 Å². The molecule has 5 heteroatoms. The Morgan fingerprint density at radius 1 is 1.39 bits per heavy atom. The minimum absolute atomic E-state index is 0.106. The number of nitrogens with zero attached hydrogens (tertiary/aromatic N) is 1. The number of anilines is 1. The van der Waals surface area contributed by atoms with Crippen molar-refractivity contribution >= 4 is 17.9 Å². The Morgan fingerprint density at radius 3 is 2.56 bits per heavy atom. The Hall–Kier alpha value is -1.91. The maximum atomic E-state index is 12.3. The molecule has 2 rings (SSSR count). The van der Waals surface area contributed by atoms with Gasteiger partial charge in [-0.3, -0.25) is 9.18 Å². The van der Waals surface area contributed by atoms with Gasteiger partial charge in [-0.05, 0) is 30.7 Å². The number of methoxy groups -OCH3 is 1. The summed E-state index contributed by atoms with van der Waals surface area (Å²) in [5.41, 5.74) is 0.632. The van der Waals surface area contributed by atoms with Crippen molar-refractivity contribution in [2.45, 2.75) is 12.5 Å². The van der Waals surface area contributed by atoms with Gasteiger partial charge in [0.05, 0.1) is 19.7 Å². The molecule has 0 unspecified atom stereocenters. The first-order valence-electron chi connectivity index (χ1n) is 5.71. The summed E-state index contributed by atoms with van der Waals surface area (Å²) in [7, 11) is 1.55. The molecule has 2 atom stereocenters. The second-order valence-electron chi connectivity index (χ2n) is 4.12. The number of carbonyl (C=O) groups is 2. The molecule has 1 aromatic carbocycles. The lowest BCUT2D eigenvalue weighted by Crippen LogP contribution is -2.62. The van der Waals surface area contributed by atoms with Gasteiger partial charge in [0.15, 0.2) is 0 Å². The number of alkyl halides is 1. The summed E-state index contributed by atoms with van der Waals surface area (Å²) in [4.78, 5) is 24.2. The summed E-state index contributed by atoms with van der Waals surface area (Å²) in [6.07, 6.45) is 0.806. The van der Waals surface area contributed by atoms with Crippen molar-refractivity contribution in [2.24, 2.45) is 5.92 Å². The highest BCUT2D eigenvalue weighted by Crippen LogP contribution is 2.34. The third-order valence-corrected chi connectivity index (χ3v) is 3.18. The van der Waals surface area contributed by atoms with E-state index in [-0.39, 0.29) is 12.3 Å². The third-order valence-electron chi connectivity index (χ3n) is 3.18. The Labute approximate surface area is 104 Å². The molecule has 1 aliphatic rings. The highest BCUT2D eigenvalue weighted by molar-refractivity contribution is 6.08. The number of halogens is 1. The number of aldehydes is 1. The van der Waals surface area contributed by atoms with E-state index in [1.807, 2.05) is 0 Å². The molecule has 0 aliphatic carbocycles. The predicted octanol–water partition coefficient (Wildman–Crippen LogP) is 1.59. The number of hydrogen-bond acceptors (Lipinski definition) is 3. The van der Waals surface area contributed by atoms with Gasteiger partial charge in [-0.2, -0.15) is 0 Å². The minimum atomic E-state index is -0.586. The molecular formula is C13H14FNO3. The normalized spacial score (nSPS) is 22.6. The fourth-order valence-electron chi connectivity index (χ4n) is 2.18. The second kappa shape index (κ2) is 5.16. The smallest absolute Gasteiger partial charge is 0.233 e. The quantitative estimate of drug-likeness (QED) is 0.589. The second-order valence-corrected chi connectivity index (χ2v) is 4.12. The predicted molar refractivity (Wildman–Crippen MR) is 64.4 cm³/mol. The number of hydrogen-bond donors (Lipinski definition) is 0. The van der Waals surface area contributed by atoms with Crippen LogP contribution in [0.2, 0.25) is 0 Å². The first-order valence-corrected chi connectivity index (χ1v) is 5.71. The van der Waals surface area contributed by atoms with Crippen LogP contribution >= 0.6 is 0 Å². The molecule has 0 radical (unpaired) electrons. The highest BCUT2D eigenvalue weighted by atomic mass is 19.1. The molecule has 18 heavy (non-hydrogen) atoms. The maximum Gasteiger partial charge on any atom is 0.233 e. The van der Waals surface area contributed by atoms with Crippen molar-refractivity contribution in [3.8, 4) is 5.75 Å². The van der Waals surface area contributed by atoms with E-state index < -0.39 is 18.6 Å². The lowest BCUT2D eigenvalue weighted by Gasteiger charge is -2.44. The average molecular weight is 251 g/mol. The van der Waals surface area contributed by atoms with Crippen LogP contribution in [-0.2, 0) is 9.59 Å². The summed E-state index contributed by atoms with van der Waals surface area (Å²) >= 11 is 0. The molecule has 0 spiro atoms. The van der Waals surface area contributed by atoms with E-state index in [4.69, 9.17) is 4.74 Å². The number of β-lactam (4-membered cyclic amide) rings is 1. The Balaban J connectivity index is 2.17. The van der Waals surface area contributed by atoms with Crippen molar-refractivity contribution in [1.82, 2.24) is 0 Å². The number of carbonyl (C=O) groups excluding carboxylic acids is 2. The van der Waals surface area contributed by atoms with Gasteiger partial charge in [0.2, 0.25) is 5.91 Å². The fraction of sp³-hybridized carbons (Fsp3) is 0.385. The van der Waals surface area contributed by atoms with E-state index >= 15 is 0 Å². The molecular weight excluding hydrogens is 237 g/mol. The molecule has 4 nitrogen and oxygen atoms in total. The van der Waals surface area contributed by atoms with Gasteiger partial charge in [0.25, 0.3) is 0 Å². The average Bonchev–Trinajstić information content (AvgIpc) is 2.42. The maximum absolute atomic E-state index is 12.3. The number of amides is 1. The van der Waals surface area contributed by atoms with E-state index in [2.05, 4.69) is 0 Å². The van der Waals surface area contributed by atoms with Crippen LogP contribution < -0.4 is 9.64 Å². The van der Waals surface area contributed by atoms with Crippen LogP contribution in [0.5, 0.6) is 5.75 Å². The van der Waals surface area contributed by atoms with Gasteiger partial charge in [-0.1, -0.05) is 0 Å². The van der Waals surface area contributed by atoms with Crippen molar-refractivity contribution in [3.63, 3.8) is 0 Å². The molecule has 0 saturated carbocycles.